The van der Waals surface area contributed by atoms with E-state index in [4.69, 9.17) is 5.11 Å². The number of halogens is 1. The van der Waals surface area contributed by atoms with E-state index in [1.807, 2.05) is 11.8 Å². The van der Waals surface area contributed by atoms with E-state index in [1.165, 1.54) is 0 Å². The summed E-state index contributed by atoms with van der Waals surface area (Å²) in [4.78, 5) is 23.2. The van der Waals surface area contributed by atoms with Gasteiger partial charge in [-0.1, -0.05) is 0 Å². The second kappa shape index (κ2) is 7.31. The highest BCUT2D eigenvalue weighted by atomic mass is 127. The quantitative estimate of drug-likeness (QED) is 0.754. The number of thioether (sulfide) groups is 1. The number of benzene rings is 1. The molecule has 6 heteroatoms. The van der Waals surface area contributed by atoms with Crippen molar-refractivity contribution in [2.24, 2.45) is 5.92 Å². The Balaban J connectivity index is 2.01. The predicted molar refractivity (Wildman–Crippen MR) is 89.4 cm³/mol. The molecule has 20 heavy (non-hydrogen) atoms. The van der Waals surface area contributed by atoms with E-state index < -0.39 is 5.97 Å². The second-order valence-corrected chi connectivity index (χ2v) is 7.27. The van der Waals surface area contributed by atoms with Crippen LogP contribution in [-0.4, -0.2) is 28.5 Å². The van der Waals surface area contributed by atoms with Crippen LogP contribution in [0.5, 0.6) is 0 Å². The number of rotatable bonds is 4. The Morgan fingerprint density at radius 1 is 1.35 bits per heavy atom. The largest absolute Gasteiger partial charge is 0.478 e. The average Bonchev–Trinajstić information content (AvgIpc) is 2.41. The number of carboxylic acids is 1. The van der Waals surface area contributed by atoms with Crippen molar-refractivity contribution in [3.05, 3.63) is 27.3 Å². The van der Waals surface area contributed by atoms with Gasteiger partial charge in [0.15, 0.2) is 0 Å². The van der Waals surface area contributed by atoms with Gasteiger partial charge < -0.3 is 10.4 Å². The van der Waals surface area contributed by atoms with Crippen LogP contribution in [0.4, 0.5) is 5.69 Å². The third kappa shape index (κ3) is 4.37. The molecule has 4 nitrogen and oxygen atoms in total. The molecule has 0 aliphatic carbocycles. The third-order valence-corrected chi connectivity index (χ3v) is 5.02. The van der Waals surface area contributed by atoms with E-state index in [9.17, 15) is 9.59 Å². The van der Waals surface area contributed by atoms with Gasteiger partial charge in [-0.05, 0) is 71.1 Å². The van der Waals surface area contributed by atoms with Crippen LogP contribution < -0.4 is 5.32 Å². The van der Waals surface area contributed by atoms with Gasteiger partial charge in [-0.25, -0.2) is 4.79 Å². The number of hydrogen-bond acceptors (Lipinski definition) is 3. The molecule has 1 heterocycles. The normalized spacial score (nSPS) is 15.8. The van der Waals surface area contributed by atoms with Gasteiger partial charge in [0.25, 0.3) is 0 Å². The van der Waals surface area contributed by atoms with E-state index in [-0.39, 0.29) is 11.5 Å². The van der Waals surface area contributed by atoms with Crippen LogP contribution in [0, 0.1) is 9.49 Å². The number of aromatic carboxylic acids is 1. The fourth-order valence-electron chi connectivity index (χ4n) is 2.22. The summed E-state index contributed by atoms with van der Waals surface area (Å²) in [6.07, 6.45) is 2.61. The van der Waals surface area contributed by atoms with Gasteiger partial charge in [0.2, 0.25) is 5.91 Å². The summed E-state index contributed by atoms with van der Waals surface area (Å²) in [6.45, 7) is 0. The molecule has 1 saturated heterocycles. The lowest BCUT2D eigenvalue weighted by molar-refractivity contribution is -0.117. The number of nitrogens with one attached hydrogen (secondary N) is 1. The summed E-state index contributed by atoms with van der Waals surface area (Å²) >= 11 is 3.98. The zero-order chi connectivity index (χ0) is 14.5. The Kier molecular flexibility index (Phi) is 5.71. The second-order valence-electron chi connectivity index (χ2n) is 4.80. The van der Waals surface area contributed by atoms with Crippen molar-refractivity contribution in [3.63, 3.8) is 0 Å². The van der Waals surface area contributed by atoms with Crippen LogP contribution >= 0.6 is 34.4 Å². The third-order valence-electron chi connectivity index (χ3n) is 3.30. The van der Waals surface area contributed by atoms with Crippen LogP contribution in [-0.2, 0) is 4.79 Å². The molecule has 1 fully saturated rings. The van der Waals surface area contributed by atoms with Crippen molar-refractivity contribution >= 4 is 51.9 Å². The molecule has 1 aliphatic rings. The number of hydrogen-bond donors (Lipinski definition) is 2. The number of amides is 1. The Morgan fingerprint density at radius 3 is 2.70 bits per heavy atom. The smallest absolute Gasteiger partial charge is 0.337 e. The lowest BCUT2D eigenvalue weighted by Crippen LogP contribution is -2.20. The molecule has 1 amide bonds. The molecule has 1 aromatic rings. The molecule has 0 spiro atoms. The van der Waals surface area contributed by atoms with Gasteiger partial charge in [0.05, 0.1) is 11.3 Å². The maximum atomic E-state index is 12.0. The highest BCUT2D eigenvalue weighted by Crippen LogP contribution is 2.26. The molecule has 0 radical (unpaired) electrons. The fraction of sp³-hybridized carbons (Fsp3) is 0.429. The molecule has 2 rings (SSSR count). The summed E-state index contributed by atoms with van der Waals surface area (Å²) in [6, 6.07) is 5.01. The molecule has 0 saturated carbocycles. The minimum Gasteiger partial charge on any atom is -0.478 e. The first kappa shape index (κ1) is 15.6. The van der Waals surface area contributed by atoms with Crippen molar-refractivity contribution in [3.8, 4) is 0 Å². The molecular weight excluding hydrogens is 389 g/mol. The summed E-state index contributed by atoms with van der Waals surface area (Å²) < 4.78 is 0.835. The minimum absolute atomic E-state index is 0.0920. The monoisotopic (exact) mass is 405 g/mol. The highest BCUT2D eigenvalue weighted by Gasteiger charge is 2.19. The molecule has 0 bridgehead atoms. The van der Waals surface area contributed by atoms with Crippen LogP contribution in [0.15, 0.2) is 18.2 Å². The number of anilines is 1. The average molecular weight is 405 g/mol. The van der Waals surface area contributed by atoms with Gasteiger partial charge in [-0.2, -0.15) is 11.8 Å². The number of carbonyl (C=O) groups excluding carboxylic acids is 1. The highest BCUT2D eigenvalue weighted by molar-refractivity contribution is 14.1. The number of carbonyl (C=O) groups is 2. The van der Waals surface area contributed by atoms with Crippen molar-refractivity contribution in [1.29, 1.82) is 0 Å². The van der Waals surface area contributed by atoms with Gasteiger partial charge in [-0.3, -0.25) is 4.79 Å². The van der Waals surface area contributed by atoms with Gasteiger partial charge in [0, 0.05) is 9.99 Å². The Hall–Kier alpha value is -0.760. The summed E-state index contributed by atoms with van der Waals surface area (Å²) in [5.74, 6) is 1.54. The van der Waals surface area contributed by atoms with Crippen molar-refractivity contribution in [1.82, 2.24) is 0 Å². The van der Waals surface area contributed by atoms with Crippen LogP contribution in [0.2, 0.25) is 0 Å². The lowest BCUT2D eigenvalue weighted by atomic mass is 9.98. The predicted octanol–water partition coefficient (Wildman–Crippen LogP) is 3.46. The molecule has 108 valence electrons. The topological polar surface area (TPSA) is 66.4 Å². The zero-order valence-electron chi connectivity index (χ0n) is 10.9. The maximum absolute atomic E-state index is 12.0. The van der Waals surface area contributed by atoms with Crippen molar-refractivity contribution in [2.75, 3.05) is 16.8 Å². The molecule has 2 N–H and O–H groups in total. The van der Waals surface area contributed by atoms with E-state index in [2.05, 4.69) is 27.9 Å². The Bertz CT molecular complexity index is 515. The molecule has 1 aliphatic heterocycles. The molecule has 1 aromatic carbocycles. The fourth-order valence-corrected chi connectivity index (χ4v) is 3.91. The Morgan fingerprint density at radius 2 is 2.05 bits per heavy atom. The van der Waals surface area contributed by atoms with Crippen molar-refractivity contribution in [2.45, 2.75) is 19.3 Å². The number of carboxylic acid groups (broad SMARTS) is 1. The standard InChI is InChI=1S/C14H16INO3S/c15-10-1-2-12(11(8-10)14(18)19)16-13(17)7-9-3-5-20-6-4-9/h1-2,8-9H,3-7H2,(H,16,17)(H,18,19). The van der Waals surface area contributed by atoms with Crippen LogP contribution in [0.3, 0.4) is 0 Å². The zero-order valence-corrected chi connectivity index (χ0v) is 13.9. The van der Waals surface area contributed by atoms with E-state index >= 15 is 0 Å². The molecular formula is C14H16INO3S. The van der Waals surface area contributed by atoms with E-state index in [1.54, 1.807) is 18.2 Å². The summed E-state index contributed by atoms with van der Waals surface area (Å²) in [5, 5.41) is 11.9. The first-order valence-corrected chi connectivity index (χ1v) is 8.70. The SMILES string of the molecule is O=C(CC1CCSCC1)Nc1ccc(I)cc1C(=O)O. The van der Waals surface area contributed by atoms with E-state index in [0.717, 1.165) is 27.9 Å². The Labute approximate surface area is 135 Å². The van der Waals surface area contributed by atoms with Gasteiger partial charge in [-0.15, -0.1) is 0 Å². The first-order chi connectivity index (χ1) is 9.56. The molecule has 0 atom stereocenters. The first-order valence-electron chi connectivity index (χ1n) is 6.46. The van der Waals surface area contributed by atoms with Crippen LogP contribution in [0.1, 0.15) is 29.6 Å². The summed E-state index contributed by atoms with van der Waals surface area (Å²) in [7, 11) is 0. The van der Waals surface area contributed by atoms with Crippen LogP contribution in [0.25, 0.3) is 0 Å². The maximum Gasteiger partial charge on any atom is 0.337 e. The van der Waals surface area contributed by atoms with E-state index in [0.29, 0.717) is 18.0 Å². The summed E-state index contributed by atoms with van der Waals surface area (Å²) in [5.41, 5.74) is 0.526. The minimum atomic E-state index is -1.02. The lowest BCUT2D eigenvalue weighted by Gasteiger charge is -2.20. The van der Waals surface area contributed by atoms with Crippen molar-refractivity contribution < 1.29 is 14.7 Å². The molecule has 0 unspecified atom stereocenters. The van der Waals surface area contributed by atoms with Gasteiger partial charge in [0.1, 0.15) is 0 Å². The molecule has 0 aromatic heterocycles. The van der Waals surface area contributed by atoms with Gasteiger partial charge >= 0.3 is 5.97 Å².